The minimum Gasteiger partial charge on any atom is -0.229 e. The smallest absolute Gasteiger partial charge is 0.183 e. The van der Waals surface area contributed by atoms with E-state index in [2.05, 4.69) is 23.9 Å². The number of halogens is 1. The van der Waals surface area contributed by atoms with Crippen LogP contribution in [-0.4, -0.2) is 10.9 Å². The summed E-state index contributed by atoms with van der Waals surface area (Å²) in [6, 6.07) is 0. The summed E-state index contributed by atoms with van der Waals surface area (Å²) in [5, 5.41) is 1.03. The Morgan fingerprint density at radius 2 is 2.50 bits per heavy atom. The van der Waals surface area contributed by atoms with E-state index in [1.807, 2.05) is 0 Å². The van der Waals surface area contributed by atoms with E-state index >= 15 is 0 Å². The van der Waals surface area contributed by atoms with Crippen LogP contribution >= 0.6 is 34.7 Å². The highest BCUT2D eigenvalue weighted by Crippen LogP contribution is 2.12. The van der Waals surface area contributed by atoms with Crippen molar-refractivity contribution in [1.82, 2.24) is 0 Å². The Balaban J connectivity index is 2.96. The fraction of sp³-hybridized carbons (Fsp3) is 0.500. The summed E-state index contributed by atoms with van der Waals surface area (Å²) >= 11 is 7.74. The van der Waals surface area contributed by atoms with E-state index in [1.165, 1.54) is 0 Å². The lowest BCUT2D eigenvalue weighted by atomic mass is 10.9. The van der Waals surface area contributed by atoms with Gasteiger partial charge in [0.25, 0.3) is 0 Å². The molecule has 0 heterocycles. The molecule has 6 heavy (non-hydrogen) atoms. The van der Waals surface area contributed by atoms with E-state index in [0.717, 1.165) is 16.2 Å². The lowest BCUT2D eigenvalue weighted by Crippen LogP contribution is -1.85. The molecule has 1 atom stereocenters. The van der Waals surface area contributed by atoms with Crippen LogP contribution in [0.1, 0.15) is 0 Å². The minimum atomic E-state index is -1.09. The van der Waals surface area contributed by atoms with Crippen molar-refractivity contribution >= 4 is 40.0 Å². The van der Waals surface area contributed by atoms with Crippen LogP contribution in [0.4, 0.5) is 4.39 Å². The molecular formula is C2H3FS3. The van der Waals surface area contributed by atoms with Gasteiger partial charge in [-0.15, -0.1) is 11.7 Å². The zero-order valence-electron chi connectivity index (χ0n) is 2.80. The number of thiol groups is 1. The van der Waals surface area contributed by atoms with Gasteiger partial charge in [-0.05, 0) is 0 Å². The van der Waals surface area contributed by atoms with Gasteiger partial charge >= 0.3 is 0 Å². The normalized spacial score (nSPS) is 13.7. The molecule has 0 nitrogen and oxygen atoms in total. The Bertz CT molecular complexity index is 46.1. The molecule has 0 bridgehead atoms. The SMILES string of the molecule is FC(C=S)SS. The highest BCUT2D eigenvalue weighted by atomic mass is 33.1. The second kappa shape index (κ2) is 3.89. The summed E-state index contributed by atoms with van der Waals surface area (Å²) in [5.41, 5.74) is -1.09. The van der Waals surface area contributed by atoms with Crippen LogP contribution in [0.25, 0.3) is 0 Å². The van der Waals surface area contributed by atoms with Crippen LogP contribution in [0.3, 0.4) is 0 Å². The van der Waals surface area contributed by atoms with Crippen molar-refractivity contribution in [3.63, 3.8) is 0 Å². The van der Waals surface area contributed by atoms with Crippen molar-refractivity contribution in [3.8, 4) is 0 Å². The Hall–Kier alpha value is 0.720. The molecule has 0 saturated carbocycles. The molecule has 0 saturated heterocycles. The predicted octanol–water partition coefficient (Wildman–Crippen LogP) is 1.86. The number of rotatable bonds is 2. The lowest BCUT2D eigenvalue weighted by Gasteiger charge is -1.86. The summed E-state index contributed by atoms with van der Waals surface area (Å²) in [6.45, 7) is 0. The van der Waals surface area contributed by atoms with Crippen LogP contribution in [0.5, 0.6) is 0 Å². The summed E-state index contributed by atoms with van der Waals surface area (Å²) < 4.78 is 11.6. The van der Waals surface area contributed by atoms with Crippen LogP contribution in [0, 0.1) is 0 Å². The third-order valence-electron chi connectivity index (χ3n) is 0.208. The molecule has 0 aliphatic heterocycles. The zero-order valence-corrected chi connectivity index (χ0v) is 5.32. The molecule has 0 aromatic rings. The summed E-state index contributed by atoms with van der Waals surface area (Å²) in [6.07, 6.45) is 0. The average Bonchev–Trinajstić information content (AvgIpc) is 1.65. The van der Waals surface area contributed by atoms with Gasteiger partial charge < -0.3 is 0 Å². The van der Waals surface area contributed by atoms with E-state index in [-0.39, 0.29) is 0 Å². The maximum absolute atomic E-state index is 11.6. The molecule has 0 aliphatic rings. The average molecular weight is 142 g/mol. The van der Waals surface area contributed by atoms with Gasteiger partial charge in [0.1, 0.15) is 0 Å². The van der Waals surface area contributed by atoms with Gasteiger partial charge in [-0.3, -0.25) is 0 Å². The molecule has 0 rings (SSSR count). The number of thiocarbonyl (C=S) groups is 1. The molecular weight excluding hydrogens is 139 g/mol. The Kier molecular flexibility index (Phi) is 4.36. The van der Waals surface area contributed by atoms with Gasteiger partial charge in [0.2, 0.25) is 0 Å². The summed E-state index contributed by atoms with van der Waals surface area (Å²) in [7, 11) is 0.793. The maximum Gasteiger partial charge on any atom is 0.183 e. The quantitative estimate of drug-likeness (QED) is 0.355. The van der Waals surface area contributed by atoms with Gasteiger partial charge in [-0.1, -0.05) is 23.0 Å². The third kappa shape index (κ3) is 2.93. The van der Waals surface area contributed by atoms with Crippen LogP contribution in [0.15, 0.2) is 0 Å². The first-order chi connectivity index (χ1) is 2.81. The van der Waals surface area contributed by atoms with Crippen LogP contribution in [0.2, 0.25) is 0 Å². The zero-order chi connectivity index (χ0) is 4.99. The number of hydrogen-bond acceptors (Lipinski definition) is 3. The standard InChI is InChI=1S/C2H3FS3/c3-2(1-4)6-5/h1-2,5H. The molecule has 0 fully saturated rings. The monoisotopic (exact) mass is 142 g/mol. The Morgan fingerprint density at radius 3 is 2.50 bits per heavy atom. The topological polar surface area (TPSA) is 0 Å². The number of hydrogen-bond donors (Lipinski definition) is 1. The van der Waals surface area contributed by atoms with Gasteiger partial charge in [0, 0.05) is 5.37 Å². The maximum atomic E-state index is 11.6. The number of alkyl halides is 1. The van der Waals surface area contributed by atoms with E-state index in [1.54, 1.807) is 0 Å². The second-order valence-corrected chi connectivity index (χ2v) is 2.16. The van der Waals surface area contributed by atoms with Crippen molar-refractivity contribution in [3.05, 3.63) is 0 Å². The van der Waals surface area contributed by atoms with E-state index in [4.69, 9.17) is 0 Å². The predicted molar refractivity (Wildman–Crippen MR) is 35.1 cm³/mol. The first-order valence-electron chi connectivity index (χ1n) is 1.21. The molecule has 0 aromatic carbocycles. The third-order valence-corrected chi connectivity index (χ3v) is 1.56. The van der Waals surface area contributed by atoms with Crippen LogP contribution in [-0.2, 0) is 0 Å². The highest BCUT2D eigenvalue weighted by molar-refractivity contribution is 8.69. The first kappa shape index (κ1) is 6.72. The molecule has 0 radical (unpaired) electrons. The minimum absolute atomic E-state index is 0.793. The van der Waals surface area contributed by atoms with Gasteiger partial charge in [-0.2, -0.15) is 0 Å². The Morgan fingerprint density at radius 1 is 2.00 bits per heavy atom. The molecule has 36 valence electrons. The van der Waals surface area contributed by atoms with Crippen molar-refractivity contribution in [1.29, 1.82) is 0 Å². The van der Waals surface area contributed by atoms with Crippen molar-refractivity contribution < 1.29 is 4.39 Å². The lowest BCUT2D eigenvalue weighted by molar-refractivity contribution is 0.554. The highest BCUT2D eigenvalue weighted by Gasteiger charge is 1.93. The van der Waals surface area contributed by atoms with E-state index in [0.29, 0.717) is 0 Å². The fourth-order valence-electron chi connectivity index (χ4n) is 0.0248. The molecule has 0 aromatic heterocycles. The van der Waals surface area contributed by atoms with E-state index in [9.17, 15) is 4.39 Å². The van der Waals surface area contributed by atoms with Gasteiger partial charge in [0.15, 0.2) is 5.50 Å². The van der Waals surface area contributed by atoms with E-state index < -0.39 is 5.50 Å². The molecule has 4 heteroatoms. The molecule has 0 amide bonds. The second-order valence-electron chi connectivity index (χ2n) is 0.593. The first-order valence-corrected chi connectivity index (χ1v) is 3.61. The molecule has 0 N–H and O–H groups in total. The largest absolute Gasteiger partial charge is 0.229 e. The van der Waals surface area contributed by atoms with Crippen molar-refractivity contribution in [2.45, 2.75) is 5.50 Å². The summed E-state index contributed by atoms with van der Waals surface area (Å²) in [5.74, 6) is 0. The van der Waals surface area contributed by atoms with Gasteiger partial charge in [-0.25, -0.2) is 4.39 Å². The van der Waals surface area contributed by atoms with Crippen LogP contribution < -0.4 is 0 Å². The fourth-order valence-corrected chi connectivity index (χ4v) is 0.671. The van der Waals surface area contributed by atoms with Crippen molar-refractivity contribution in [2.24, 2.45) is 0 Å². The van der Waals surface area contributed by atoms with Gasteiger partial charge in [0.05, 0.1) is 0 Å². The Labute approximate surface area is 50.3 Å². The molecule has 0 aliphatic carbocycles. The van der Waals surface area contributed by atoms with Crippen molar-refractivity contribution in [2.75, 3.05) is 0 Å². The summed E-state index contributed by atoms with van der Waals surface area (Å²) in [4.78, 5) is 0. The molecule has 0 spiro atoms. The molecule has 1 unspecified atom stereocenters.